The van der Waals surface area contributed by atoms with Crippen molar-refractivity contribution in [3.63, 3.8) is 0 Å². The number of nitro groups is 1. The first kappa shape index (κ1) is 4.33. The largest absolute Gasteiger partial charge is 0.388 e. The van der Waals surface area contributed by atoms with E-state index in [1.54, 1.807) is 0 Å². The number of nitrogens with zero attached hydrogens (tertiary/aromatic N) is 1. The molecule has 0 fully saturated rings. The highest BCUT2D eigenvalue weighted by Crippen LogP contribution is 2.14. The molecule has 0 aliphatic rings. The SMILES string of the molecule is [2H]c1c(N([2H])C)ccc([N+](=O)[O-])c1[2H]. The van der Waals surface area contributed by atoms with Gasteiger partial charge in [0.2, 0.25) is 0 Å². The van der Waals surface area contributed by atoms with E-state index in [1.807, 2.05) is 0 Å². The molecule has 0 radical (unpaired) electrons. The Kier molecular flexibility index (Phi) is 1.18. The first-order chi connectivity index (χ1) is 6.45. The van der Waals surface area contributed by atoms with Gasteiger partial charge in [0.1, 0.15) is 0 Å². The van der Waals surface area contributed by atoms with Gasteiger partial charge in [-0.25, -0.2) is 0 Å². The lowest BCUT2D eigenvalue weighted by atomic mass is 10.3. The van der Waals surface area contributed by atoms with Crippen LogP contribution in [-0.2, 0) is 0 Å². The van der Waals surface area contributed by atoms with Crippen LogP contribution in [0.3, 0.4) is 0 Å². The first-order valence-electron chi connectivity index (χ1n) is 4.37. The summed E-state index contributed by atoms with van der Waals surface area (Å²) in [5.41, 5.74) is -0.249. The lowest BCUT2D eigenvalue weighted by molar-refractivity contribution is -0.384. The van der Waals surface area contributed by atoms with Crippen molar-refractivity contribution in [3.8, 4) is 0 Å². The molecule has 0 atom stereocenters. The lowest BCUT2D eigenvalue weighted by Gasteiger charge is -1.96. The molecule has 0 amide bonds. The maximum Gasteiger partial charge on any atom is 0.269 e. The number of hydrogen-bond donors (Lipinski definition) is 1. The zero-order chi connectivity index (χ0) is 10.9. The van der Waals surface area contributed by atoms with Crippen LogP contribution in [0.5, 0.6) is 0 Å². The molecule has 1 rings (SSSR count). The van der Waals surface area contributed by atoms with Gasteiger partial charge in [0.15, 0.2) is 1.41 Å². The zero-order valence-electron chi connectivity index (χ0n) is 8.87. The van der Waals surface area contributed by atoms with Crippen molar-refractivity contribution in [1.82, 2.24) is 0 Å². The maximum absolute atomic E-state index is 10.4. The predicted molar refractivity (Wildman–Crippen MR) is 42.6 cm³/mol. The number of hydrogen-bond acceptors (Lipinski definition) is 3. The van der Waals surface area contributed by atoms with E-state index >= 15 is 0 Å². The summed E-state index contributed by atoms with van der Waals surface area (Å²) >= 11 is 0. The predicted octanol–water partition coefficient (Wildman–Crippen LogP) is 1.64. The van der Waals surface area contributed by atoms with Crippen molar-refractivity contribution in [2.24, 2.45) is 0 Å². The van der Waals surface area contributed by atoms with E-state index < -0.39 is 16.7 Å². The van der Waals surface area contributed by atoms with Crippen LogP contribution in [0, 0.1) is 10.1 Å². The van der Waals surface area contributed by atoms with Crippen LogP contribution < -0.4 is 5.31 Å². The third-order valence-corrected chi connectivity index (χ3v) is 1.16. The van der Waals surface area contributed by atoms with E-state index in [-0.39, 0.29) is 11.7 Å². The van der Waals surface area contributed by atoms with Gasteiger partial charge in [-0.1, -0.05) is 0 Å². The second kappa shape index (κ2) is 3.01. The normalized spacial score (nSPS) is 13.0. The van der Waals surface area contributed by atoms with Crippen LogP contribution in [0.25, 0.3) is 0 Å². The summed E-state index contributed by atoms with van der Waals surface area (Å²) in [6.45, 7) is 0. The summed E-state index contributed by atoms with van der Waals surface area (Å²) in [5, 5.41) is 11.3. The average molecular weight is 155 g/mol. The van der Waals surface area contributed by atoms with Gasteiger partial charge in [-0.15, -0.1) is 0 Å². The van der Waals surface area contributed by atoms with Gasteiger partial charge < -0.3 is 5.31 Å². The standard InChI is InChI=1S/C7H8N2O2/c1-8-6-2-4-7(5-3-6)9(10)11/h2-5,8H,1H3/i2D,4D/hD. The van der Waals surface area contributed by atoms with E-state index in [1.165, 1.54) is 13.1 Å². The van der Waals surface area contributed by atoms with Crippen LogP contribution >= 0.6 is 0 Å². The van der Waals surface area contributed by atoms with Gasteiger partial charge in [-0.2, -0.15) is 0 Å². The minimum atomic E-state index is -0.714. The van der Waals surface area contributed by atoms with Crippen molar-refractivity contribution >= 4 is 11.4 Å². The van der Waals surface area contributed by atoms with E-state index in [0.717, 1.165) is 11.4 Å². The monoisotopic (exact) mass is 155 g/mol. The minimum Gasteiger partial charge on any atom is -0.388 e. The van der Waals surface area contributed by atoms with Crippen molar-refractivity contribution in [1.29, 1.82) is 0 Å². The molecule has 11 heavy (non-hydrogen) atoms. The summed E-state index contributed by atoms with van der Waals surface area (Å²) < 4.78 is 21.9. The Morgan fingerprint density at radius 2 is 2.45 bits per heavy atom. The van der Waals surface area contributed by atoms with E-state index in [9.17, 15) is 10.1 Å². The molecule has 0 aliphatic carbocycles. The quantitative estimate of drug-likeness (QED) is 0.521. The fourth-order valence-electron chi connectivity index (χ4n) is 0.606. The van der Waals surface area contributed by atoms with Gasteiger partial charge in [-0.3, -0.25) is 10.1 Å². The summed E-state index contributed by atoms with van der Waals surface area (Å²) in [6.07, 6.45) is 0. The summed E-state index contributed by atoms with van der Waals surface area (Å²) in [7, 11) is 1.39. The molecule has 1 aromatic rings. The van der Waals surface area contributed by atoms with Crippen LogP contribution in [0.4, 0.5) is 11.4 Å². The molecule has 0 bridgehead atoms. The van der Waals surface area contributed by atoms with Crippen LogP contribution in [-0.4, -0.2) is 12.0 Å². The Hall–Kier alpha value is -1.58. The molecule has 0 aliphatic heterocycles. The van der Waals surface area contributed by atoms with Crippen molar-refractivity contribution in [3.05, 3.63) is 34.3 Å². The molecule has 0 heterocycles. The molecule has 0 aromatic heterocycles. The van der Waals surface area contributed by atoms with Gasteiger partial charge in [0.25, 0.3) is 5.69 Å². The van der Waals surface area contributed by atoms with Crippen LogP contribution in [0.2, 0.25) is 1.41 Å². The Balaban J connectivity index is 3.33. The lowest BCUT2D eigenvalue weighted by Crippen LogP contribution is -1.89. The molecule has 4 nitrogen and oxygen atoms in total. The molecule has 4 heteroatoms. The van der Waals surface area contributed by atoms with Crippen molar-refractivity contribution in [2.75, 3.05) is 12.4 Å². The molecule has 0 spiro atoms. The van der Waals surface area contributed by atoms with E-state index in [2.05, 4.69) is 0 Å². The molecule has 0 saturated heterocycles. The molecule has 1 aromatic carbocycles. The minimum absolute atomic E-state index is 0.167. The Labute approximate surface area is 68.3 Å². The van der Waals surface area contributed by atoms with Gasteiger partial charge in [0, 0.05) is 24.8 Å². The number of benzene rings is 1. The second-order valence-corrected chi connectivity index (χ2v) is 1.83. The highest BCUT2D eigenvalue weighted by molar-refractivity contribution is 5.47. The van der Waals surface area contributed by atoms with Crippen LogP contribution in [0.1, 0.15) is 2.74 Å². The molecular formula is C7H8N2O2. The van der Waals surface area contributed by atoms with Gasteiger partial charge >= 0.3 is 0 Å². The fraction of sp³-hybridized carbons (Fsp3) is 0.143. The number of rotatable bonds is 2. The van der Waals surface area contributed by atoms with Gasteiger partial charge in [-0.05, 0) is 12.1 Å². The molecule has 58 valence electrons. The third kappa shape index (κ3) is 1.67. The van der Waals surface area contributed by atoms with Crippen molar-refractivity contribution in [2.45, 2.75) is 0 Å². The fourth-order valence-corrected chi connectivity index (χ4v) is 0.606. The molecule has 0 unspecified atom stereocenters. The van der Waals surface area contributed by atoms with E-state index in [0.29, 0.717) is 0 Å². The van der Waals surface area contributed by atoms with Crippen molar-refractivity contribution < 1.29 is 9.08 Å². The maximum atomic E-state index is 10.4. The Bertz CT molecular complexity index is 381. The summed E-state index contributed by atoms with van der Waals surface area (Å²) in [4.78, 5) is 9.68. The number of nitro benzene ring substituents is 1. The molecular weight excluding hydrogens is 144 g/mol. The van der Waals surface area contributed by atoms with Crippen LogP contribution in [0.15, 0.2) is 24.2 Å². The summed E-state index contributed by atoms with van der Waals surface area (Å²) in [5.74, 6) is 0. The third-order valence-electron chi connectivity index (χ3n) is 1.16. The second-order valence-electron chi connectivity index (χ2n) is 1.83. The summed E-state index contributed by atoms with van der Waals surface area (Å²) in [6, 6.07) is 1.63. The number of anilines is 1. The number of nitrogens with one attached hydrogen (secondary N) is 1. The Morgan fingerprint density at radius 3 is 3.00 bits per heavy atom. The highest BCUT2D eigenvalue weighted by atomic mass is 16.6. The average Bonchev–Trinajstić information content (AvgIpc) is 2.08. The topological polar surface area (TPSA) is 55.2 Å². The Morgan fingerprint density at radius 1 is 1.73 bits per heavy atom. The molecule has 1 N–H and O–H groups in total. The highest BCUT2D eigenvalue weighted by Gasteiger charge is 2.01. The first-order valence-corrected chi connectivity index (χ1v) is 2.92. The van der Waals surface area contributed by atoms with E-state index in [4.69, 9.17) is 4.15 Å². The van der Waals surface area contributed by atoms with Gasteiger partial charge in [0.05, 0.1) is 7.66 Å². The molecule has 0 saturated carbocycles. The zero-order valence-corrected chi connectivity index (χ0v) is 5.87. The smallest absolute Gasteiger partial charge is 0.269 e.